The lowest BCUT2D eigenvalue weighted by atomic mass is 9.97. The van der Waals surface area contributed by atoms with Crippen LogP contribution in [0.4, 0.5) is 5.69 Å². The van der Waals surface area contributed by atoms with E-state index in [1.54, 1.807) is 0 Å². The van der Waals surface area contributed by atoms with Crippen LogP contribution in [0.25, 0.3) is 77.1 Å². The largest absolute Gasteiger partial charge is 0.456 e. The van der Waals surface area contributed by atoms with Crippen molar-refractivity contribution in [3.8, 4) is 39.3 Å². The topological polar surface area (TPSA) is 26.3 Å². The van der Waals surface area contributed by atoms with Crippen molar-refractivity contribution in [3.05, 3.63) is 150 Å². The van der Waals surface area contributed by atoms with E-state index in [0.717, 1.165) is 72.3 Å². The Hall–Kier alpha value is -5.92. The molecule has 0 amide bonds. The molecule has 2 heterocycles. The average molecular weight is 567 g/mol. The van der Waals surface area contributed by atoms with E-state index >= 15 is 0 Å². The van der Waals surface area contributed by atoms with Crippen LogP contribution in [-0.4, -0.2) is 4.57 Å². The highest BCUT2D eigenvalue weighted by Gasteiger charge is 2.31. The van der Waals surface area contributed by atoms with Gasteiger partial charge in [0.1, 0.15) is 22.4 Å². The summed E-state index contributed by atoms with van der Waals surface area (Å²) in [5.74, 6) is 1.03. The summed E-state index contributed by atoms with van der Waals surface area (Å²) in [7, 11) is 2.11. The molecule has 0 spiro atoms. The Kier molecular flexibility index (Phi) is 5.92. The van der Waals surface area contributed by atoms with Gasteiger partial charge < -0.3 is 4.42 Å². The number of benzene rings is 6. The number of aryl methyl sites for hydroxylation is 2. The van der Waals surface area contributed by atoms with Crippen molar-refractivity contribution >= 4 is 38.7 Å². The fourth-order valence-corrected chi connectivity index (χ4v) is 6.53. The lowest BCUT2D eigenvalue weighted by Gasteiger charge is -2.07. The fraction of sp³-hybridized carbons (Fsp3) is 0.0500. The summed E-state index contributed by atoms with van der Waals surface area (Å²) in [6.45, 7) is 10.2. The van der Waals surface area contributed by atoms with Gasteiger partial charge in [0.05, 0.1) is 13.6 Å². The zero-order valence-corrected chi connectivity index (χ0v) is 24.5. The first-order valence-corrected chi connectivity index (χ1v) is 14.7. The van der Waals surface area contributed by atoms with Crippen molar-refractivity contribution in [2.24, 2.45) is 7.05 Å². The van der Waals surface area contributed by atoms with Crippen molar-refractivity contribution in [2.75, 3.05) is 0 Å². The van der Waals surface area contributed by atoms with Crippen LogP contribution in [-0.2, 0) is 7.05 Å². The second kappa shape index (κ2) is 10.1. The molecular weight excluding hydrogens is 538 g/mol. The lowest BCUT2D eigenvalue weighted by molar-refractivity contribution is -0.633. The van der Waals surface area contributed by atoms with E-state index in [-0.39, 0.29) is 0 Å². The standard InChI is InChI=1S/C40H28N3O/c1-26-18-23-32-37-33(41-2)25-24-31(29-21-19-28(20-22-29)27-12-6-4-7-13-27)38(37)44-39(32)36(26)40-42(3)34-16-10-11-17-35(34)43(40)30-14-8-5-9-15-30/h4-25H,1,3H3/q+1. The van der Waals surface area contributed by atoms with Gasteiger partial charge in [-0.3, -0.25) is 0 Å². The predicted octanol–water partition coefficient (Wildman–Crippen LogP) is 10.2. The zero-order chi connectivity index (χ0) is 29.8. The summed E-state index contributed by atoms with van der Waals surface area (Å²) in [6.07, 6.45) is 0. The molecule has 0 atom stereocenters. The first-order valence-electron chi connectivity index (χ1n) is 14.7. The summed E-state index contributed by atoms with van der Waals surface area (Å²) >= 11 is 0. The first-order chi connectivity index (χ1) is 21.6. The lowest BCUT2D eigenvalue weighted by Crippen LogP contribution is -2.30. The minimum absolute atomic E-state index is 0.589. The van der Waals surface area contributed by atoms with E-state index in [9.17, 15) is 0 Å². The van der Waals surface area contributed by atoms with Crippen LogP contribution in [0.15, 0.2) is 138 Å². The Morgan fingerprint density at radius 1 is 0.659 bits per heavy atom. The average Bonchev–Trinajstić information content (AvgIpc) is 3.61. The molecule has 0 saturated carbocycles. The highest BCUT2D eigenvalue weighted by atomic mass is 16.3. The summed E-state index contributed by atoms with van der Waals surface area (Å²) in [4.78, 5) is 3.93. The summed E-state index contributed by atoms with van der Waals surface area (Å²) in [5.41, 5.74) is 11.9. The van der Waals surface area contributed by atoms with Crippen LogP contribution in [0, 0.1) is 13.5 Å². The third kappa shape index (κ3) is 3.87. The molecule has 44 heavy (non-hydrogen) atoms. The second-order valence-electron chi connectivity index (χ2n) is 11.2. The number of hydrogen-bond donors (Lipinski definition) is 0. The van der Waals surface area contributed by atoms with Crippen molar-refractivity contribution in [1.29, 1.82) is 0 Å². The van der Waals surface area contributed by atoms with Crippen LogP contribution in [0.3, 0.4) is 0 Å². The molecule has 0 fully saturated rings. The van der Waals surface area contributed by atoms with E-state index in [4.69, 9.17) is 11.0 Å². The van der Waals surface area contributed by atoms with Crippen molar-refractivity contribution in [1.82, 2.24) is 4.57 Å². The van der Waals surface area contributed by atoms with Crippen molar-refractivity contribution in [2.45, 2.75) is 6.92 Å². The van der Waals surface area contributed by atoms with E-state index < -0.39 is 0 Å². The molecule has 8 aromatic rings. The number of rotatable bonds is 4. The Morgan fingerprint density at radius 3 is 2.07 bits per heavy atom. The molecule has 0 bridgehead atoms. The van der Waals surface area contributed by atoms with Gasteiger partial charge in [0.15, 0.2) is 16.7 Å². The van der Waals surface area contributed by atoms with Gasteiger partial charge in [0, 0.05) is 16.3 Å². The van der Waals surface area contributed by atoms with E-state index in [0.29, 0.717) is 5.69 Å². The highest BCUT2D eigenvalue weighted by molar-refractivity contribution is 6.18. The van der Waals surface area contributed by atoms with Crippen LogP contribution in [0.5, 0.6) is 0 Å². The number of furan rings is 1. The summed E-state index contributed by atoms with van der Waals surface area (Å²) in [5, 5.41) is 1.80. The first kappa shape index (κ1) is 25.8. The smallest absolute Gasteiger partial charge is 0.298 e. The maximum atomic E-state index is 8.03. The second-order valence-corrected chi connectivity index (χ2v) is 11.2. The monoisotopic (exact) mass is 566 g/mol. The Bertz CT molecular complexity index is 2390. The van der Waals surface area contributed by atoms with Gasteiger partial charge >= 0.3 is 0 Å². The number of aromatic nitrogens is 2. The van der Waals surface area contributed by atoms with E-state index in [1.807, 2.05) is 24.3 Å². The number of nitrogens with zero attached hydrogens (tertiary/aromatic N) is 3. The Morgan fingerprint density at radius 2 is 1.32 bits per heavy atom. The van der Waals surface area contributed by atoms with Gasteiger partial charge in [-0.05, 0) is 53.4 Å². The molecule has 0 N–H and O–H groups in total. The van der Waals surface area contributed by atoms with Gasteiger partial charge in [-0.25, -0.2) is 9.41 Å². The molecule has 0 unspecified atom stereocenters. The number of fused-ring (bicyclic) bond motifs is 4. The minimum Gasteiger partial charge on any atom is -0.456 e. The third-order valence-corrected chi connectivity index (χ3v) is 8.65. The normalized spacial score (nSPS) is 11.4. The van der Waals surface area contributed by atoms with Crippen LogP contribution in [0.1, 0.15) is 5.56 Å². The predicted molar refractivity (Wildman–Crippen MR) is 179 cm³/mol. The van der Waals surface area contributed by atoms with Gasteiger partial charge in [-0.15, -0.1) is 0 Å². The van der Waals surface area contributed by atoms with Gasteiger partial charge in [0.2, 0.25) is 0 Å². The van der Waals surface area contributed by atoms with Crippen molar-refractivity contribution in [3.63, 3.8) is 0 Å². The molecular formula is C40H28N3O+. The van der Waals surface area contributed by atoms with Gasteiger partial charge in [-0.1, -0.05) is 109 Å². The van der Waals surface area contributed by atoms with Crippen LogP contribution < -0.4 is 4.57 Å². The van der Waals surface area contributed by atoms with Gasteiger partial charge in [-0.2, -0.15) is 4.57 Å². The van der Waals surface area contributed by atoms with Crippen LogP contribution >= 0.6 is 0 Å². The quantitative estimate of drug-likeness (QED) is 0.154. The molecule has 0 aliphatic carbocycles. The molecule has 2 aromatic heterocycles. The molecule has 0 saturated heterocycles. The number of hydrogen-bond acceptors (Lipinski definition) is 1. The Balaban J connectivity index is 1.42. The Labute approximate surface area is 255 Å². The third-order valence-electron chi connectivity index (χ3n) is 8.65. The van der Waals surface area contributed by atoms with E-state index in [2.05, 4.69) is 137 Å². The molecule has 4 nitrogen and oxygen atoms in total. The van der Waals surface area contributed by atoms with E-state index in [1.165, 1.54) is 5.56 Å². The maximum absolute atomic E-state index is 8.03. The summed E-state index contributed by atoms with van der Waals surface area (Å²) in [6, 6.07) is 46.1. The molecule has 6 aromatic carbocycles. The number of imidazole rings is 1. The summed E-state index contributed by atoms with van der Waals surface area (Å²) < 4.78 is 11.5. The number of para-hydroxylation sites is 3. The molecule has 208 valence electrons. The minimum atomic E-state index is 0.589. The molecule has 0 aliphatic rings. The SMILES string of the molecule is [C-]#[N+]c1ccc(-c2ccc(-c3ccccc3)cc2)c2oc3c(-c4n(-c5ccccc5)c5ccccc5[n+]4C)c(C)ccc3c12. The molecule has 8 rings (SSSR count). The molecule has 0 radical (unpaired) electrons. The fourth-order valence-electron chi connectivity index (χ4n) is 6.53. The van der Waals surface area contributed by atoms with Crippen LogP contribution in [0.2, 0.25) is 0 Å². The zero-order valence-electron chi connectivity index (χ0n) is 24.5. The molecule has 0 aliphatic heterocycles. The maximum Gasteiger partial charge on any atom is 0.298 e. The van der Waals surface area contributed by atoms with Gasteiger partial charge in [0.25, 0.3) is 5.82 Å². The highest BCUT2D eigenvalue weighted by Crippen LogP contribution is 2.45. The van der Waals surface area contributed by atoms with Crippen molar-refractivity contribution < 1.29 is 8.98 Å². The molecule has 4 heteroatoms.